The van der Waals surface area contributed by atoms with Crippen molar-refractivity contribution < 1.29 is 14.6 Å². The number of aryl methyl sites for hydroxylation is 2. The Morgan fingerprint density at radius 2 is 1.94 bits per heavy atom. The van der Waals surface area contributed by atoms with Gasteiger partial charge in [-0.25, -0.2) is 0 Å². The standard InChI is InChI=1S/C14H21NO3/c1-10-6-5-7-11(2)12(10)13(14(16)17)15(3)8-9-18-4/h5-7,13H,8-9H2,1-4H3,(H,16,17)/t13-/m0/s1. The van der Waals surface area contributed by atoms with Gasteiger partial charge >= 0.3 is 5.97 Å². The van der Waals surface area contributed by atoms with Crippen LogP contribution in [0.4, 0.5) is 0 Å². The van der Waals surface area contributed by atoms with E-state index in [4.69, 9.17) is 4.74 Å². The Kier molecular flexibility index (Phi) is 5.31. The van der Waals surface area contributed by atoms with Gasteiger partial charge in [-0.1, -0.05) is 18.2 Å². The maximum atomic E-state index is 11.5. The molecule has 0 amide bonds. The fourth-order valence-electron chi connectivity index (χ4n) is 2.16. The van der Waals surface area contributed by atoms with E-state index in [2.05, 4.69) is 0 Å². The third kappa shape index (κ3) is 3.31. The van der Waals surface area contributed by atoms with Gasteiger partial charge in [-0.15, -0.1) is 0 Å². The van der Waals surface area contributed by atoms with E-state index in [1.165, 1.54) is 0 Å². The van der Waals surface area contributed by atoms with Gasteiger partial charge < -0.3 is 9.84 Å². The van der Waals surface area contributed by atoms with Gasteiger partial charge in [0.15, 0.2) is 0 Å². The van der Waals surface area contributed by atoms with E-state index in [-0.39, 0.29) is 0 Å². The smallest absolute Gasteiger partial charge is 0.325 e. The van der Waals surface area contributed by atoms with Crippen LogP contribution in [0.15, 0.2) is 18.2 Å². The summed E-state index contributed by atoms with van der Waals surface area (Å²) in [5.41, 5.74) is 2.89. The molecule has 1 aromatic rings. The highest BCUT2D eigenvalue weighted by Gasteiger charge is 2.27. The molecule has 0 aliphatic rings. The van der Waals surface area contributed by atoms with Gasteiger partial charge in [-0.2, -0.15) is 0 Å². The van der Waals surface area contributed by atoms with Gasteiger partial charge in [0, 0.05) is 13.7 Å². The summed E-state index contributed by atoms with van der Waals surface area (Å²) in [5, 5.41) is 9.46. The fourth-order valence-corrected chi connectivity index (χ4v) is 2.16. The van der Waals surface area contributed by atoms with Crippen molar-refractivity contribution in [1.82, 2.24) is 4.90 Å². The van der Waals surface area contributed by atoms with Crippen molar-refractivity contribution in [1.29, 1.82) is 0 Å². The second-order valence-corrected chi connectivity index (χ2v) is 4.52. The first-order valence-electron chi connectivity index (χ1n) is 5.97. The molecule has 0 bridgehead atoms. The number of aliphatic carboxylic acids is 1. The number of benzene rings is 1. The average Bonchev–Trinajstić information content (AvgIpc) is 2.30. The monoisotopic (exact) mass is 251 g/mol. The minimum Gasteiger partial charge on any atom is -0.480 e. The van der Waals surface area contributed by atoms with Crippen molar-refractivity contribution in [2.75, 3.05) is 27.3 Å². The van der Waals surface area contributed by atoms with E-state index < -0.39 is 12.0 Å². The number of hydrogen-bond acceptors (Lipinski definition) is 3. The first-order chi connectivity index (χ1) is 8.49. The number of nitrogens with zero attached hydrogens (tertiary/aromatic N) is 1. The highest BCUT2D eigenvalue weighted by molar-refractivity contribution is 5.76. The van der Waals surface area contributed by atoms with Gasteiger partial charge in [0.2, 0.25) is 0 Å². The van der Waals surface area contributed by atoms with Crippen molar-refractivity contribution >= 4 is 5.97 Å². The summed E-state index contributed by atoms with van der Waals surface area (Å²) in [6.45, 7) is 5.00. The summed E-state index contributed by atoms with van der Waals surface area (Å²) in [4.78, 5) is 13.3. The maximum absolute atomic E-state index is 11.5. The zero-order chi connectivity index (χ0) is 13.7. The van der Waals surface area contributed by atoms with Gasteiger partial charge in [-0.05, 0) is 37.6 Å². The molecule has 100 valence electrons. The fraction of sp³-hybridized carbons (Fsp3) is 0.500. The normalized spacial score (nSPS) is 12.7. The van der Waals surface area contributed by atoms with Gasteiger partial charge in [0.05, 0.1) is 6.61 Å². The van der Waals surface area contributed by atoms with Crippen molar-refractivity contribution in [3.8, 4) is 0 Å². The maximum Gasteiger partial charge on any atom is 0.325 e. The molecule has 0 aliphatic carbocycles. The summed E-state index contributed by atoms with van der Waals surface area (Å²) in [5.74, 6) is -0.828. The van der Waals surface area contributed by atoms with Crippen LogP contribution >= 0.6 is 0 Å². The molecule has 0 spiro atoms. The lowest BCUT2D eigenvalue weighted by molar-refractivity contribution is -0.143. The third-order valence-electron chi connectivity index (χ3n) is 3.14. The van der Waals surface area contributed by atoms with Crippen molar-refractivity contribution in [2.24, 2.45) is 0 Å². The predicted octanol–water partition coefficient (Wildman–Crippen LogP) is 2.01. The van der Waals surface area contributed by atoms with Crippen LogP contribution in [0.1, 0.15) is 22.7 Å². The van der Waals surface area contributed by atoms with Gasteiger partial charge in [-0.3, -0.25) is 9.69 Å². The first kappa shape index (κ1) is 14.7. The van der Waals surface area contributed by atoms with Crippen molar-refractivity contribution in [2.45, 2.75) is 19.9 Å². The average molecular weight is 251 g/mol. The molecule has 0 radical (unpaired) electrons. The van der Waals surface area contributed by atoms with Crippen LogP contribution in [0.5, 0.6) is 0 Å². The second kappa shape index (κ2) is 6.52. The highest BCUT2D eigenvalue weighted by Crippen LogP contribution is 2.26. The number of methoxy groups -OCH3 is 1. The second-order valence-electron chi connectivity index (χ2n) is 4.52. The number of hydrogen-bond donors (Lipinski definition) is 1. The Labute approximate surface area is 108 Å². The molecule has 0 unspecified atom stereocenters. The molecule has 1 rings (SSSR count). The molecule has 1 aromatic carbocycles. The Morgan fingerprint density at radius 3 is 2.39 bits per heavy atom. The zero-order valence-electron chi connectivity index (χ0n) is 11.4. The van der Waals surface area contributed by atoms with Gasteiger partial charge in [0.25, 0.3) is 0 Å². The molecule has 1 atom stereocenters. The van der Waals surface area contributed by atoms with E-state index in [1.807, 2.05) is 39.1 Å². The molecule has 0 saturated heterocycles. The number of carboxylic acids is 1. The molecule has 18 heavy (non-hydrogen) atoms. The topological polar surface area (TPSA) is 49.8 Å². The Hall–Kier alpha value is -1.39. The summed E-state index contributed by atoms with van der Waals surface area (Å²) >= 11 is 0. The number of likely N-dealkylation sites (N-methyl/N-ethyl adjacent to an activating group) is 1. The number of carbonyl (C=O) groups is 1. The Balaban J connectivity index is 3.08. The third-order valence-corrected chi connectivity index (χ3v) is 3.14. The lowest BCUT2D eigenvalue weighted by atomic mass is 9.95. The van der Waals surface area contributed by atoms with Crippen LogP contribution in [0.3, 0.4) is 0 Å². The van der Waals surface area contributed by atoms with Crippen molar-refractivity contribution in [3.05, 3.63) is 34.9 Å². The summed E-state index contributed by atoms with van der Waals surface area (Å²) in [7, 11) is 3.42. The van der Waals surface area contributed by atoms with Crippen LogP contribution < -0.4 is 0 Å². The molecule has 0 heterocycles. The lowest BCUT2D eigenvalue weighted by Crippen LogP contribution is -2.34. The van der Waals surface area contributed by atoms with Crippen molar-refractivity contribution in [3.63, 3.8) is 0 Å². The molecule has 0 fully saturated rings. The molecule has 4 heteroatoms. The van der Waals surface area contributed by atoms with E-state index in [1.54, 1.807) is 12.0 Å². The summed E-state index contributed by atoms with van der Waals surface area (Å²) in [6.07, 6.45) is 0. The predicted molar refractivity (Wildman–Crippen MR) is 70.8 cm³/mol. The summed E-state index contributed by atoms with van der Waals surface area (Å²) in [6, 6.07) is 5.22. The molecular formula is C14H21NO3. The quantitative estimate of drug-likeness (QED) is 0.840. The Bertz CT molecular complexity index is 397. The largest absolute Gasteiger partial charge is 0.480 e. The minimum atomic E-state index is -0.828. The number of rotatable bonds is 6. The Morgan fingerprint density at radius 1 is 1.39 bits per heavy atom. The molecule has 1 N–H and O–H groups in total. The summed E-state index contributed by atoms with van der Waals surface area (Å²) < 4.78 is 5.00. The van der Waals surface area contributed by atoms with E-state index in [0.29, 0.717) is 13.2 Å². The molecular weight excluding hydrogens is 230 g/mol. The number of ether oxygens (including phenoxy) is 1. The molecule has 0 saturated carbocycles. The molecule has 0 aliphatic heterocycles. The zero-order valence-corrected chi connectivity index (χ0v) is 11.4. The van der Waals surface area contributed by atoms with Crippen LogP contribution in [-0.2, 0) is 9.53 Å². The van der Waals surface area contributed by atoms with E-state index in [0.717, 1.165) is 16.7 Å². The van der Waals surface area contributed by atoms with Crippen LogP contribution in [0, 0.1) is 13.8 Å². The van der Waals surface area contributed by atoms with E-state index >= 15 is 0 Å². The highest BCUT2D eigenvalue weighted by atomic mass is 16.5. The van der Waals surface area contributed by atoms with Gasteiger partial charge in [0.1, 0.15) is 6.04 Å². The van der Waals surface area contributed by atoms with Crippen LogP contribution in [0.2, 0.25) is 0 Å². The molecule has 0 aromatic heterocycles. The first-order valence-corrected chi connectivity index (χ1v) is 5.97. The van der Waals surface area contributed by atoms with E-state index in [9.17, 15) is 9.90 Å². The van der Waals surface area contributed by atoms with Crippen LogP contribution in [-0.4, -0.2) is 43.3 Å². The van der Waals surface area contributed by atoms with Crippen LogP contribution in [0.25, 0.3) is 0 Å². The lowest BCUT2D eigenvalue weighted by Gasteiger charge is -2.27. The molecule has 4 nitrogen and oxygen atoms in total. The number of carboxylic acid groups (broad SMARTS) is 1. The SMILES string of the molecule is COCCN(C)[C@H](C(=O)O)c1c(C)cccc1C. The minimum absolute atomic E-state index is 0.519.